The van der Waals surface area contributed by atoms with Crippen molar-refractivity contribution in [3.8, 4) is 11.5 Å². The number of hydrogen-bond donors (Lipinski definition) is 0. The Morgan fingerprint density at radius 3 is 2.04 bits per heavy atom. The van der Waals surface area contributed by atoms with Crippen molar-refractivity contribution in [1.29, 1.82) is 0 Å². The summed E-state index contributed by atoms with van der Waals surface area (Å²) < 4.78 is 15.8. The van der Waals surface area contributed by atoms with Crippen molar-refractivity contribution in [3.63, 3.8) is 0 Å². The van der Waals surface area contributed by atoms with Crippen molar-refractivity contribution in [2.75, 3.05) is 40.5 Å². The Bertz CT molecular complexity index is 707. The molecule has 0 atom stereocenters. The van der Waals surface area contributed by atoms with Crippen LogP contribution in [0.3, 0.4) is 0 Å². The molecule has 2 aliphatic rings. The van der Waals surface area contributed by atoms with Gasteiger partial charge in [-0.3, -0.25) is 9.59 Å². The van der Waals surface area contributed by atoms with Crippen molar-refractivity contribution in [2.45, 2.75) is 0 Å². The lowest BCUT2D eigenvalue weighted by molar-refractivity contribution is 0.0498. The number of fused-ring (bicyclic) bond motifs is 1. The Balaban J connectivity index is 2.17. The Kier molecular flexibility index (Phi) is 4.28. The summed E-state index contributed by atoms with van der Waals surface area (Å²) >= 11 is 6.24. The molecular weight excluding hydrogens is 322 g/mol. The van der Waals surface area contributed by atoms with E-state index in [4.69, 9.17) is 25.8 Å². The van der Waals surface area contributed by atoms with Gasteiger partial charge in [-0.1, -0.05) is 11.6 Å². The Morgan fingerprint density at radius 2 is 1.52 bits per heavy atom. The van der Waals surface area contributed by atoms with Crippen LogP contribution in [-0.4, -0.2) is 57.0 Å². The predicted octanol–water partition coefficient (Wildman–Crippen LogP) is 1.87. The zero-order valence-electron chi connectivity index (χ0n) is 12.8. The molecule has 7 heteroatoms. The van der Waals surface area contributed by atoms with Crippen molar-refractivity contribution in [3.05, 3.63) is 34.0 Å². The molecule has 1 saturated heterocycles. The smallest absolute Gasteiger partial charge is 0.215 e. The fourth-order valence-corrected chi connectivity index (χ4v) is 3.16. The number of methoxy groups -OCH3 is 2. The number of carbonyl (C=O) groups is 2. The summed E-state index contributed by atoms with van der Waals surface area (Å²) in [6.07, 6.45) is 0. The van der Waals surface area contributed by atoms with Crippen LogP contribution < -0.4 is 9.47 Å². The molecule has 0 bridgehead atoms. The van der Waals surface area contributed by atoms with Gasteiger partial charge in [0, 0.05) is 13.1 Å². The number of nitrogens with zero attached hydrogens (tertiary/aromatic N) is 1. The van der Waals surface area contributed by atoms with Gasteiger partial charge in [0.15, 0.2) is 0 Å². The van der Waals surface area contributed by atoms with E-state index >= 15 is 0 Å². The van der Waals surface area contributed by atoms with Crippen LogP contribution in [0.4, 0.5) is 0 Å². The topological polar surface area (TPSA) is 65.1 Å². The summed E-state index contributed by atoms with van der Waals surface area (Å²) in [7, 11) is 2.89. The molecule has 122 valence electrons. The Labute approximate surface area is 138 Å². The first-order valence-electron chi connectivity index (χ1n) is 7.17. The number of halogens is 1. The number of benzene rings is 1. The van der Waals surface area contributed by atoms with Gasteiger partial charge >= 0.3 is 0 Å². The molecule has 0 saturated carbocycles. The number of ketones is 2. The summed E-state index contributed by atoms with van der Waals surface area (Å²) in [6, 6.07) is 3.20. The quantitative estimate of drug-likeness (QED) is 0.839. The normalized spacial score (nSPS) is 18.1. The molecule has 0 spiro atoms. The molecule has 1 fully saturated rings. The standard InChI is InChI=1S/C16H16ClNO5/c1-21-9-3-4-10(22-2)12-11(9)15(19)13(17)14(16(12)20)18-5-7-23-8-6-18/h3-4H,5-8H2,1-2H3. The Hall–Kier alpha value is -2.05. The van der Waals surface area contributed by atoms with E-state index in [2.05, 4.69) is 0 Å². The first-order valence-corrected chi connectivity index (χ1v) is 7.54. The van der Waals surface area contributed by atoms with Crippen LogP contribution in [0.25, 0.3) is 0 Å². The van der Waals surface area contributed by atoms with Gasteiger partial charge in [0.05, 0.1) is 38.6 Å². The van der Waals surface area contributed by atoms with Gasteiger partial charge in [-0.2, -0.15) is 0 Å². The number of Topliss-reactive ketones (excluding diaryl/α,β-unsaturated/α-hetero) is 2. The molecule has 23 heavy (non-hydrogen) atoms. The maximum Gasteiger partial charge on any atom is 0.215 e. The molecule has 1 heterocycles. The summed E-state index contributed by atoms with van der Waals surface area (Å²) in [4.78, 5) is 27.5. The van der Waals surface area contributed by atoms with Crippen LogP contribution in [0.15, 0.2) is 22.9 Å². The highest BCUT2D eigenvalue weighted by Gasteiger charge is 2.39. The molecule has 0 radical (unpaired) electrons. The van der Waals surface area contributed by atoms with E-state index in [-0.39, 0.29) is 27.6 Å². The second kappa shape index (κ2) is 6.22. The van der Waals surface area contributed by atoms with Crippen LogP contribution in [0.5, 0.6) is 11.5 Å². The molecule has 3 rings (SSSR count). The molecule has 0 aromatic heterocycles. The van der Waals surface area contributed by atoms with Crippen molar-refractivity contribution in [2.24, 2.45) is 0 Å². The summed E-state index contributed by atoms with van der Waals surface area (Å²) in [5, 5.41) is -0.0871. The molecule has 0 amide bonds. The zero-order valence-corrected chi connectivity index (χ0v) is 13.6. The predicted molar refractivity (Wildman–Crippen MR) is 83.5 cm³/mol. The lowest BCUT2D eigenvalue weighted by Crippen LogP contribution is -2.40. The van der Waals surface area contributed by atoms with Gasteiger partial charge in [-0.25, -0.2) is 0 Å². The molecule has 1 aromatic rings. The molecule has 0 N–H and O–H groups in total. The van der Waals surface area contributed by atoms with E-state index in [1.165, 1.54) is 14.2 Å². The third-order valence-corrected chi connectivity index (χ3v) is 4.32. The van der Waals surface area contributed by atoms with Gasteiger partial charge < -0.3 is 19.1 Å². The monoisotopic (exact) mass is 337 g/mol. The summed E-state index contributed by atoms with van der Waals surface area (Å²) in [6.45, 7) is 1.98. The molecule has 0 unspecified atom stereocenters. The minimum Gasteiger partial charge on any atom is -0.496 e. The van der Waals surface area contributed by atoms with E-state index in [0.717, 1.165) is 0 Å². The van der Waals surface area contributed by atoms with E-state index < -0.39 is 5.78 Å². The van der Waals surface area contributed by atoms with Crippen LogP contribution in [0.2, 0.25) is 0 Å². The third kappa shape index (κ3) is 2.48. The van der Waals surface area contributed by atoms with Gasteiger partial charge in [-0.15, -0.1) is 0 Å². The van der Waals surface area contributed by atoms with Crippen LogP contribution in [0, 0.1) is 0 Å². The SMILES string of the molecule is COc1ccc(OC)c2c1C(=O)C(Cl)=C(N1CCOCC1)C2=O. The molecule has 1 aromatic carbocycles. The minimum absolute atomic E-state index is 0.0871. The van der Waals surface area contributed by atoms with Crippen LogP contribution in [0.1, 0.15) is 20.7 Å². The zero-order chi connectivity index (χ0) is 16.6. The first-order chi connectivity index (χ1) is 11.1. The largest absolute Gasteiger partial charge is 0.496 e. The average Bonchev–Trinajstić information content (AvgIpc) is 2.59. The summed E-state index contributed by atoms with van der Waals surface area (Å²) in [5.41, 5.74) is 0.556. The lowest BCUT2D eigenvalue weighted by Gasteiger charge is -2.33. The molecule has 1 aliphatic heterocycles. The number of hydrogen-bond acceptors (Lipinski definition) is 6. The second-order valence-corrected chi connectivity index (χ2v) is 5.52. The van der Waals surface area contributed by atoms with E-state index in [1.807, 2.05) is 0 Å². The van der Waals surface area contributed by atoms with Gasteiger partial charge in [0.1, 0.15) is 22.2 Å². The molecule has 6 nitrogen and oxygen atoms in total. The maximum atomic E-state index is 13.0. The van der Waals surface area contributed by atoms with Crippen LogP contribution >= 0.6 is 11.6 Å². The first kappa shape index (κ1) is 15.8. The third-order valence-electron chi connectivity index (χ3n) is 3.97. The van der Waals surface area contributed by atoms with E-state index in [9.17, 15) is 9.59 Å². The maximum absolute atomic E-state index is 13.0. The highest BCUT2D eigenvalue weighted by molar-refractivity contribution is 6.50. The minimum atomic E-state index is -0.432. The van der Waals surface area contributed by atoms with Crippen LogP contribution in [-0.2, 0) is 4.74 Å². The van der Waals surface area contributed by atoms with E-state index in [1.54, 1.807) is 17.0 Å². The number of carbonyl (C=O) groups excluding carboxylic acids is 2. The fraction of sp³-hybridized carbons (Fsp3) is 0.375. The summed E-state index contributed by atoms with van der Waals surface area (Å²) in [5.74, 6) is -0.131. The lowest BCUT2D eigenvalue weighted by atomic mass is 9.90. The van der Waals surface area contributed by atoms with E-state index in [0.29, 0.717) is 37.8 Å². The van der Waals surface area contributed by atoms with Crippen molar-refractivity contribution < 1.29 is 23.8 Å². The average molecular weight is 338 g/mol. The molecular formula is C16H16ClNO5. The number of rotatable bonds is 3. The number of morpholine rings is 1. The highest BCUT2D eigenvalue weighted by Crippen LogP contribution is 2.40. The molecule has 1 aliphatic carbocycles. The van der Waals surface area contributed by atoms with Gasteiger partial charge in [0.2, 0.25) is 11.6 Å². The van der Waals surface area contributed by atoms with Gasteiger partial charge in [-0.05, 0) is 12.1 Å². The Morgan fingerprint density at radius 1 is 1.00 bits per heavy atom. The second-order valence-electron chi connectivity index (χ2n) is 5.14. The van der Waals surface area contributed by atoms with Gasteiger partial charge in [0.25, 0.3) is 0 Å². The fourth-order valence-electron chi connectivity index (χ4n) is 2.86. The van der Waals surface area contributed by atoms with Crippen molar-refractivity contribution >= 4 is 23.2 Å². The number of allylic oxidation sites excluding steroid dienone is 2. The highest BCUT2D eigenvalue weighted by atomic mass is 35.5. The number of ether oxygens (including phenoxy) is 3. The van der Waals surface area contributed by atoms with Crippen molar-refractivity contribution in [1.82, 2.24) is 4.90 Å².